The molecule has 1 saturated heterocycles. The van der Waals surface area contributed by atoms with E-state index in [1.165, 1.54) is 0 Å². The van der Waals surface area contributed by atoms with Gasteiger partial charge in [0.05, 0.1) is 15.6 Å². The van der Waals surface area contributed by atoms with Gasteiger partial charge in [-0.25, -0.2) is 4.98 Å². The summed E-state index contributed by atoms with van der Waals surface area (Å²) in [4.78, 5) is 16.7. The molecule has 5 heteroatoms. The van der Waals surface area contributed by atoms with Crippen LogP contribution in [0.5, 0.6) is 0 Å². The van der Waals surface area contributed by atoms with E-state index in [1.807, 2.05) is 6.92 Å². The van der Waals surface area contributed by atoms with Gasteiger partial charge in [-0.05, 0) is 32.9 Å². The van der Waals surface area contributed by atoms with Crippen LogP contribution in [0.25, 0.3) is 0 Å². The fourth-order valence-corrected chi connectivity index (χ4v) is 3.12. The van der Waals surface area contributed by atoms with Crippen LogP contribution in [-0.4, -0.2) is 23.9 Å². The van der Waals surface area contributed by atoms with Crippen LogP contribution in [0.4, 0.5) is 0 Å². The molecular weight excluding hydrogens is 244 g/mol. The van der Waals surface area contributed by atoms with E-state index in [-0.39, 0.29) is 18.2 Å². The first-order valence-electron chi connectivity index (χ1n) is 5.37. The van der Waals surface area contributed by atoms with Crippen molar-refractivity contribution in [3.05, 3.63) is 15.6 Å². The summed E-state index contributed by atoms with van der Waals surface area (Å²) in [6.07, 6.45) is 2.29. The summed E-state index contributed by atoms with van der Waals surface area (Å²) in [6, 6.07) is 0. The van der Waals surface area contributed by atoms with Gasteiger partial charge in [-0.15, -0.1) is 23.7 Å². The summed E-state index contributed by atoms with van der Waals surface area (Å²) in [7, 11) is 0. The monoisotopic (exact) mass is 260 g/mol. The number of hydrogen-bond acceptors (Lipinski definition) is 4. The Kier molecular flexibility index (Phi) is 4.89. The van der Waals surface area contributed by atoms with Gasteiger partial charge in [0.15, 0.2) is 5.78 Å². The van der Waals surface area contributed by atoms with E-state index in [4.69, 9.17) is 0 Å². The van der Waals surface area contributed by atoms with Crippen molar-refractivity contribution in [2.45, 2.75) is 32.6 Å². The van der Waals surface area contributed by atoms with E-state index in [0.29, 0.717) is 5.92 Å². The number of nitrogens with zero attached hydrogens (tertiary/aromatic N) is 1. The molecule has 0 bridgehead atoms. The highest BCUT2D eigenvalue weighted by molar-refractivity contribution is 7.13. The molecule has 0 saturated carbocycles. The summed E-state index contributed by atoms with van der Waals surface area (Å²) in [5.41, 5.74) is 0.904. The van der Waals surface area contributed by atoms with E-state index in [9.17, 15) is 4.79 Å². The summed E-state index contributed by atoms with van der Waals surface area (Å²) in [5, 5.41) is 4.49. The van der Waals surface area contributed by atoms with Gasteiger partial charge >= 0.3 is 0 Å². The third kappa shape index (κ3) is 2.81. The molecule has 0 spiro atoms. The lowest BCUT2D eigenvalue weighted by Gasteiger charge is -2.20. The third-order valence-electron chi connectivity index (χ3n) is 2.82. The number of carbonyl (C=O) groups excluding carboxylic acids is 1. The van der Waals surface area contributed by atoms with Crippen LogP contribution in [0.3, 0.4) is 0 Å². The van der Waals surface area contributed by atoms with Crippen LogP contribution in [0.15, 0.2) is 0 Å². The lowest BCUT2D eigenvalue weighted by molar-refractivity contribution is 0.102. The van der Waals surface area contributed by atoms with Crippen molar-refractivity contribution >= 4 is 29.5 Å². The molecule has 1 aromatic heterocycles. The van der Waals surface area contributed by atoms with E-state index in [2.05, 4.69) is 10.3 Å². The molecule has 2 heterocycles. The van der Waals surface area contributed by atoms with Crippen LogP contribution in [0.2, 0.25) is 0 Å². The smallest absolute Gasteiger partial charge is 0.171 e. The van der Waals surface area contributed by atoms with Crippen molar-refractivity contribution in [2.24, 2.45) is 0 Å². The number of aryl methyl sites for hydroxylation is 1. The molecule has 90 valence electrons. The van der Waals surface area contributed by atoms with Crippen molar-refractivity contribution < 1.29 is 4.79 Å². The zero-order chi connectivity index (χ0) is 10.8. The number of carbonyl (C=O) groups is 1. The summed E-state index contributed by atoms with van der Waals surface area (Å²) < 4.78 is 0. The van der Waals surface area contributed by atoms with Gasteiger partial charge in [0.1, 0.15) is 0 Å². The molecular formula is C11H17ClN2OS. The zero-order valence-electron chi connectivity index (χ0n) is 9.58. The summed E-state index contributed by atoms with van der Waals surface area (Å²) in [5.74, 6) is 0.702. The zero-order valence-corrected chi connectivity index (χ0v) is 11.2. The second kappa shape index (κ2) is 5.75. The number of rotatable bonds is 2. The van der Waals surface area contributed by atoms with Crippen molar-refractivity contribution in [1.82, 2.24) is 10.3 Å². The molecule has 1 aromatic rings. The highest BCUT2D eigenvalue weighted by atomic mass is 35.5. The van der Waals surface area contributed by atoms with Gasteiger partial charge in [-0.2, -0.15) is 0 Å². The predicted octanol–water partition coefficient (Wildman–Crippen LogP) is 2.54. The molecule has 1 fully saturated rings. The number of thiazole rings is 1. The molecule has 0 atom stereocenters. The van der Waals surface area contributed by atoms with Crippen molar-refractivity contribution in [1.29, 1.82) is 0 Å². The first kappa shape index (κ1) is 13.6. The van der Waals surface area contributed by atoms with Gasteiger partial charge in [0.2, 0.25) is 0 Å². The second-order valence-corrected chi connectivity index (χ2v) is 5.08. The van der Waals surface area contributed by atoms with Gasteiger partial charge in [-0.1, -0.05) is 0 Å². The molecule has 2 rings (SSSR count). The molecule has 3 nitrogen and oxygen atoms in total. The quantitative estimate of drug-likeness (QED) is 0.831. The maximum absolute atomic E-state index is 11.3. The Balaban J connectivity index is 0.00000128. The molecule has 0 unspecified atom stereocenters. The lowest BCUT2D eigenvalue weighted by atomic mass is 9.99. The number of piperidine rings is 1. The Labute approximate surface area is 106 Å². The minimum absolute atomic E-state index is 0. The topological polar surface area (TPSA) is 42.0 Å². The van der Waals surface area contributed by atoms with Crippen molar-refractivity contribution in [3.63, 3.8) is 0 Å². The second-order valence-electron chi connectivity index (χ2n) is 4.05. The number of ketones is 1. The highest BCUT2D eigenvalue weighted by Crippen LogP contribution is 2.30. The van der Waals surface area contributed by atoms with E-state index < -0.39 is 0 Å². The SMILES string of the molecule is CC(=O)c1sc(C2CCNCC2)nc1C.Cl. The average Bonchev–Trinajstić information content (AvgIpc) is 2.62. The summed E-state index contributed by atoms with van der Waals surface area (Å²) in [6.45, 7) is 5.68. The van der Waals surface area contributed by atoms with E-state index >= 15 is 0 Å². The van der Waals surface area contributed by atoms with E-state index in [1.54, 1.807) is 18.3 Å². The fraction of sp³-hybridized carbons (Fsp3) is 0.636. The van der Waals surface area contributed by atoms with Crippen LogP contribution in [0, 0.1) is 6.92 Å². The molecule has 1 aliphatic heterocycles. The third-order valence-corrected chi connectivity index (χ3v) is 4.24. The number of nitrogens with one attached hydrogen (secondary N) is 1. The Morgan fingerprint density at radius 2 is 2.06 bits per heavy atom. The Bertz CT molecular complexity index is 372. The minimum atomic E-state index is 0. The Hall–Kier alpha value is -0.450. The van der Waals surface area contributed by atoms with Crippen molar-refractivity contribution in [3.8, 4) is 0 Å². The predicted molar refractivity (Wildman–Crippen MR) is 68.9 cm³/mol. The fourth-order valence-electron chi connectivity index (χ4n) is 1.99. The molecule has 0 aromatic carbocycles. The van der Waals surface area contributed by atoms with Gasteiger partial charge in [0, 0.05) is 12.8 Å². The largest absolute Gasteiger partial charge is 0.317 e. The van der Waals surface area contributed by atoms with Crippen LogP contribution < -0.4 is 5.32 Å². The molecule has 16 heavy (non-hydrogen) atoms. The molecule has 0 aliphatic carbocycles. The van der Waals surface area contributed by atoms with Gasteiger partial charge in [0.25, 0.3) is 0 Å². The first-order chi connectivity index (χ1) is 7.18. The highest BCUT2D eigenvalue weighted by Gasteiger charge is 2.21. The molecule has 0 amide bonds. The van der Waals surface area contributed by atoms with Crippen LogP contribution in [-0.2, 0) is 0 Å². The lowest BCUT2D eigenvalue weighted by Crippen LogP contribution is -2.26. The number of aromatic nitrogens is 1. The normalized spacial score (nSPS) is 16.9. The van der Waals surface area contributed by atoms with Crippen LogP contribution >= 0.6 is 23.7 Å². The molecule has 1 aliphatic rings. The number of Topliss-reactive ketones (excluding diaryl/α,β-unsaturated/α-hetero) is 1. The van der Waals surface area contributed by atoms with Gasteiger partial charge < -0.3 is 5.32 Å². The maximum atomic E-state index is 11.3. The maximum Gasteiger partial charge on any atom is 0.171 e. The average molecular weight is 261 g/mol. The number of halogens is 1. The summed E-state index contributed by atoms with van der Waals surface area (Å²) >= 11 is 1.59. The minimum Gasteiger partial charge on any atom is -0.317 e. The first-order valence-corrected chi connectivity index (χ1v) is 6.19. The molecule has 1 N–H and O–H groups in total. The van der Waals surface area contributed by atoms with E-state index in [0.717, 1.165) is 41.5 Å². The molecule has 0 radical (unpaired) electrons. The van der Waals surface area contributed by atoms with Crippen molar-refractivity contribution in [2.75, 3.05) is 13.1 Å². The Morgan fingerprint density at radius 1 is 1.44 bits per heavy atom. The standard InChI is InChI=1S/C11H16N2OS.ClH/c1-7-10(8(2)14)15-11(13-7)9-3-5-12-6-4-9;/h9,12H,3-6H2,1-2H3;1H. The Morgan fingerprint density at radius 3 is 2.56 bits per heavy atom. The van der Waals surface area contributed by atoms with Crippen LogP contribution in [0.1, 0.15) is 46.1 Å². The van der Waals surface area contributed by atoms with Gasteiger partial charge in [-0.3, -0.25) is 4.79 Å². The number of hydrogen-bond donors (Lipinski definition) is 1.